The molecule has 3 atom stereocenters. The average molecular weight is 1260 g/mol. The van der Waals surface area contributed by atoms with E-state index in [1.165, 1.54) is 105 Å². The highest BCUT2D eigenvalue weighted by molar-refractivity contribution is 8.02. The quantitative estimate of drug-likeness (QED) is 0.00480. The molecule has 0 saturated carbocycles. The van der Waals surface area contributed by atoms with Crippen LogP contribution >= 0.6 is 58.2 Å². The second-order valence-corrected chi connectivity index (χ2v) is 27.1. The molecule has 2 aliphatic rings. The number of carbonyl (C=O) groups excluding carboxylic acids is 4. The minimum absolute atomic E-state index is 0.0316. The number of carboxylic acids is 2. The number of H-pyrrole nitrogens is 1. The molecule has 4 heterocycles. The number of unbranched alkanes of at least 4 members (excludes halogenated alkanes) is 4. The van der Waals surface area contributed by atoms with E-state index in [2.05, 4.69) is 47.9 Å². The smallest absolute Gasteiger partial charge is 0.361 e. The minimum atomic E-state index is -1.67. The highest BCUT2D eigenvalue weighted by atomic mass is 32.2. The van der Waals surface area contributed by atoms with Crippen LogP contribution in [-0.2, 0) is 34.3 Å². The lowest BCUT2D eigenvalue weighted by Gasteiger charge is -2.49. The lowest BCUT2D eigenvalue weighted by molar-refractivity contribution is -0.929. The van der Waals surface area contributed by atoms with Gasteiger partial charge in [-0.15, -0.1) is 34.9 Å². The van der Waals surface area contributed by atoms with Crippen molar-refractivity contribution in [1.82, 2.24) is 19.6 Å². The van der Waals surface area contributed by atoms with E-state index in [4.69, 9.17) is 14.6 Å². The molecular weight excluding hydrogens is 1190 g/mol. The molecule has 0 radical (unpaired) electrons. The van der Waals surface area contributed by atoms with Crippen LogP contribution in [0.15, 0.2) is 157 Å². The van der Waals surface area contributed by atoms with Gasteiger partial charge in [-0.25, -0.2) is 14.6 Å². The van der Waals surface area contributed by atoms with E-state index >= 15 is 0 Å². The summed E-state index contributed by atoms with van der Waals surface area (Å²) in [5, 5.41) is 33.7. The molecule has 0 bridgehead atoms. The average Bonchev–Trinajstić information content (AvgIpc) is 0.875. The number of aromatic carboxylic acids is 1. The number of carbonyl (C=O) groups is 5. The second-order valence-electron chi connectivity index (χ2n) is 21.9. The number of amides is 2. The number of anilines is 1. The zero-order valence-electron chi connectivity index (χ0n) is 49.7. The summed E-state index contributed by atoms with van der Waals surface area (Å²) in [5.74, 6) is -5.44. The first-order valence-electron chi connectivity index (χ1n) is 29.1. The molecule has 86 heavy (non-hydrogen) atoms. The molecule has 1 saturated heterocycles. The van der Waals surface area contributed by atoms with Crippen LogP contribution in [0.5, 0.6) is 0 Å². The summed E-state index contributed by atoms with van der Waals surface area (Å²) in [6.07, 6.45) is 11.1. The number of benzene rings is 4. The predicted octanol–water partition coefficient (Wildman–Crippen LogP) is 11.4. The summed E-state index contributed by atoms with van der Waals surface area (Å²) in [5.41, 5.74) is -2.39. The molecule has 0 aliphatic carbocycles. The number of hydrogen-bond acceptors (Lipinski definition) is 17. The number of carboxylic acid groups (broad SMARTS) is 2. The van der Waals surface area contributed by atoms with Crippen molar-refractivity contribution < 1.29 is 48.2 Å². The number of fused-ring (bicyclic) bond motifs is 1. The number of thioether (sulfide) groups is 3. The van der Waals surface area contributed by atoms with Crippen molar-refractivity contribution in [1.29, 1.82) is 0 Å². The molecule has 4 N–H and O–H groups in total. The number of β-lactam (4-membered cyclic amide) rings is 1. The third-order valence-electron chi connectivity index (χ3n) is 14.4. The third-order valence-corrected chi connectivity index (χ3v) is 19.8. The van der Waals surface area contributed by atoms with E-state index in [0.29, 0.717) is 15.6 Å². The fraction of sp³-hybridized carbons (Fsp3) is 0.406. The monoisotopic (exact) mass is 1260 g/mol. The molecule has 1 fully saturated rings. The Bertz CT molecular complexity index is 3200. The van der Waals surface area contributed by atoms with Crippen molar-refractivity contribution in [2.75, 3.05) is 43.0 Å². The first-order chi connectivity index (χ1) is 41.4. The molecule has 17 nitrogen and oxygen atoms in total. The first kappa shape index (κ1) is 66.8. The largest absolute Gasteiger partial charge is 0.545 e. The van der Waals surface area contributed by atoms with E-state index in [0.717, 1.165) is 56.6 Å². The number of oxime groups is 1. The van der Waals surface area contributed by atoms with E-state index in [-0.39, 0.29) is 27.1 Å². The van der Waals surface area contributed by atoms with Crippen LogP contribution in [0.25, 0.3) is 0 Å². The number of nitrogens with zero attached hydrogens (tertiary/aromatic N) is 4. The van der Waals surface area contributed by atoms with Gasteiger partial charge in [-0.1, -0.05) is 191 Å². The lowest BCUT2D eigenvalue weighted by Crippen LogP contribution is -2.71. The van der Waals surface area contributed by atoms with Crippen molar-refractivity contribution in [2.24, 2.45) is 5.16 Å². The number of aliphatic carboxylic acids is 1. The number of quaternary nitrogens is 1. The Hall–Kier alpha value is -6.69. The van der Waals surface area contributed by atoms with Gasteiger partial charge in [0.1, 0.15) is 33.9 Å². The topological polar surface area (TPSA) is 233 Å². The number of hydrogen-bond donors (Lipinski definition) is 4. The predicted molar refractivity (Wildman–Crippen MR) is 344 cm³/mol. The van der Waals surface area contributed by atoms with Crippen LogP contribution in [-0.4, -0.2) is 119 Å². The summed E-state index contributed by atoms with van der Waals surface area (Å²) < 4.78 is 9.55. The van der Waals surface area contributed by atoms with Crippen molar-refractivity contribution in [2.45, 2.75) is 137 Å². The van der Waals surface area contributed by atoms with Crippen LogP contribution in [0.2, 0.25) is 0 Å². The van der Waals surface area contributed by atoms with Gasteiger partial charge in [0.25, 0.3) is 22.8 Å². The van der Waals surface area contributed by atoms with Crippen molar-refractivity contribution >= 4 is 98.7 Å². The summed E-state index contributed by atoms with van der Waals surface area (Å²) >= 11 is 5.08. The Kier molecular flexibility index (Phi) is 24.7. The molecule has 6 aromatic rings. The fourth-order valence-corrected chi connectivity index (χ4v) is 15.1. The van der Waals surface area contributed by atoms with Crippen LogP contribution < -0.4 is 21.3 Å². The maximum atomic E-state index is 14.6. The van der Waals surface area contributed by atoms with Gasteiger partial charge in [0.05, 0.1) is 41.9 Å². The van der Waals surface area contributed by atoms with Gasteiger partial charge in [-0.3, -0.25) is 23.7 Å². The van der Waals surface area contributed by atoms with Gasteiger partial charge >= 0.3 is 11.9 Å². The van der Waals surface area contributed by atoms with Crippen molar-refractivity contribution in [3.8, 4) is 0 Å². The lowest BCUT2D eigenvalue weighted by atomic mass is 9.77. The second kappa shape index (κ2) is 31.8. The summed E-state index contributed by atoms with van der Waals surface area (Å²) in [6.45, 7) is 20.1. The molecular formula is C64H77N7O10S5. The maximum absolute atomic E-state index is 14.6. The van der Waals surface area contributed by atoms with Gasteiger partial charge in [0.15, 0.2) is 10.8 Å². The number of rotatable bonds is 30. The number of esters is 1. The zero-order valence-corrected chi connectivity index (χ0v) is 53.8. The van der Waals surface area contributed by atoms with Crippen molar-refractivity contribution in [3.05, 3.63) is 176 Å². The standard InChI is InChI=1S/C48H42N6O10S5.C16H36N/c1-47(2,3)63-43(62)44(68-31-22-14-7-15-23-31)64-52-34(32-26-67-46(49-32)51-48(28-16-8-4-9-17-28,29-18-10-5-11-19-29)30-20-12-6-13-21-30)38(56)50-35-39(57)54-36(42(60)61)27(24-65-40(35)54)25-66-45-33(41(58)59)37(55)53-69-45;1-5-9-13-17(14-10-6-2,15-11-7-3)16-12-8-4/h4-23,26,35,40,44H,24-25H2,1-3H3,(H,49,51)(H,50,56)(H,53,55)(H,58,59)(H,60,61);5-16H2,1-4H3/q;+1/p-1/b52-34-;. The molecule has 8 rings (SSSR count). The number of aromatic nitrogens is 2. The zero-order chi connectivity index (χ0) is 61.9. The first-order valence-corrected chi connectivity index (χ1v) is 33.7. The number of aromatic amines is 1. The van der Waals surface area contributed by atoms with Gasteiger partial charge in [-0.05, 0) is 80.9 Å². The molecule has 458 valence electrons. The highest BCUT2D eigenvalue weighted by Gasteiger charge is 2.54. The van der Waals surface area contributed by atoms with E-state index in [1.54, 1.807) is 50.4 Å². The van der Waals surface area contributed by atoms with E-state index in [1.807, 2.05) is 97.1 Å². The van der Waals surface area contributed by atoms with Crippen LogP contribution in [0.1, 0.15) is 133 Å². The van der Waals surface area contributed by atoms with E-state index < -0.39 is 74.5 Å². The van der Waals surface area contributed by atoms with Crippen LogP contribution in [0, 0.1) is 0 Å². The highest BCUT2D eigenvalue weighted by Crippen LogP contribution is 2.43. The van der Waals surface area contributed by atoms with Gasteiger partial charge in [0, 0.05) is 21.8 Å². The van der Waals surface area contributed by atoms with Crippen LogP contribution in [0.3, 0.4) is 0 Å². The Balaban J connectivity index is 0.000000541. The SMILES string of the molecule is CC(C)(C)OC(=O)C(O/N=C(\C(=O)NC1C(=O)N2C(C(=O)O)=C(CSc3s[nH]c(=O)c3C(=O)[O-])CSC12)c1csc(NC(c2ccccc2)(c2ccccc2)c2ccccc2)n1)Sc1ccccc1.CCCC[N+](CCCC)(CCCC)CCCC. The number of ether oxygens (including phenoxy) is 1. The Morgan fingerprint density at radius 1 is 0.802 bits per heavy atom. The summed E-state index contributed by atoms with van der Waals surface area (Å²) in [7, 11) is 0. The molecule has 2 amide bonds. The number of thiazole rings is 1. The number of nitrogens with one attached hydrogen (secondary N) is 3. The van der Waals surface area contributed by atoms with E-state index in [9.17, 15) is 39.0 Å². The molecule has 2 aliphatic heterocycles. The summed E-state index contributed by atoms with van der Waals surface area (Å²) in [6, 6.07) is 37.2. The molecule has 2 aromatic heterocycles. The molecule has 3 unspecified atom stereocenters. The Morgan fingerprint density at radius 2 is 1.31 bits per heavy atom. The van der Waals surface area contributed by atoms with Gasteiger partial charge in [0.2, 0.25) is 0 Å². The molecule has 4 aromatic carbocycles. The van der Waals surface area contributed by atoms with Gasteiger partial charge < -0.3 is 39.7 Å². The molecule has 22 heteroatoms. The van der Waals surface area contributed by atoms with Crippen molar-refractivity contribution in [3.63, 3.8) is 0 Å². The summed E-state index contributed by atoms with van der Waals surface area (Å²) in [4.78, 5) is 91.1. The molecule has 0 spiro atoms. The minimum Gasteiger partial charge on any atom is -0.545 e. The van der Waals surface area contributed by atoms with Crippen LogP contribution in [0.4, 0.5) is 5.13 Å². The third kappa shape index (κ3) is 17.1. The van der Waals surface area contributed by atoms with Gasteiger partial charge in [-0.2, -0.15) is 0 Å². The Labute approximate surface area is 524 Å². The maximum Gasteiger partial charge on any atom is 0.361 e. The Morgan fingerprint density at radius 3 is 1.79 bits per heavy atom. The fourth-order valence-electron chi connectivity index (χ4n) is 10.1. The normalized spacial score (nSPS) is 15.6.